The van der Waals surface area contributed by atoms with Crippen molar-refractivity contribution in [2.45, 2.75) is 13.1 Å². The Morgan fingerprint density at radius 2 is 1.75 bits per heavy atom. The quantitative estimate of drug-likeness (QED) is 0.308. The van der Waals surface area contributed by atoms with Crippen LogP contribution in [0.3, 0.4) is 0 Å². The maximum atomic E-state index is 13.6. The van der Waals surface area contributed by atoms with Crippen LogP contribution in [0.2, 0.25) is 5.02 Å². The van der Waals surface area contributed by atoms with Crippen LogP contribution in [0.1, 0.15) is 32.0 Å². The van der Waals surface area contributed by atoms with Crippen LogP contribution < -0.4 is 10.2 Å². The van der Waals surface area contributed by atoms with Gasteiger partial charge in [-0.15, -0.1) is 0 Å². The number of carbonyl (C=O) groups is 2. The first-order valence-electron chi connectivity index (χ1n) is 11.2. The van der Waals surface area contributed by atoms with Crippen LogP contribution >= 0.6 is 11.6 Å². The number of benzene rings is 3. The molecule has 0 aliphatic carbocycles. The van der Waals surface area contributed by atoms with Gasteiger partial charge in [0.25, 0.3) is 11.8 Å². The average molecular weight is 506 g/mol. The summed E-state index contributed by atoms with van der Waals surface area (Å²) in [6, 6.07) is 21.4. The highest BCUT2D eigenvalue weighted by Crippen LogP contribution is 2.27. The molecule has 0 aliphatic heterocycles. The third-order valence-electron chi connectivity index (χ3n) is 5.59. The van der Waals surface area contributed by atoms with Gasteiger partial charge in [0.2, 0.25) is 0 Å². The van der Waals surface area contributed by atoms with Crippen molar-refractivity contribution in [3.8, 4) is 0 Å². The predicted octanol–water partition coefficient (Wildman–Crippen LogP) is 6.23. The van der Waals surface area contributed by atoms with E-state index >= 15 is 0 Å². The Kier molecular flexibility index (Phi) is 7.71. The SMILES string of the molecule is CN(C)c1ccc(NC(=O)c2cccc(F)c2)cc1CN(Cc1ccco1)C(=O)c1ccccc1Cl. The first-order chi connectivity index (χ1) is 17.3. The van der Waals surface area contributed by atoms with Gasteiger partial charge in [-0.1, -0.05) is 29.8 Å². The van der Waals surface area contributed by atoms with Gasteiger partial charge in [-0.25, -0.2) is 4.39 Å². The van der Waals surface area contributed by atoms with E-state index in [2.05, 4.69) is 5.32 Å². The number of hydrogen-bond acceptors (Lipinski definition) is 4. The molecule has 0 bridgehead atoms. The van der Waals surface area contributed by atoms with Crippen molar-refractivity contribution < 1.29 is 18.4 Å². The van der Waals surface area contributed by atoms with Crippen molar-refractivity contribution in [1.82, 2.24) is 4.90 Å². The largest absolute Gasteiger partial charge is 0.467 e. The second-order valence-electron chi connectivity index (χ2n) is 8.42. The summed E-state index contributed by atoms with van der Waals surface area (Å²) in [6.07, 6.45) is 1.56. The zero-order chi connectivity index (χ0) is 25.7. The number of halogens is 2. The highest BCUT2D eigenvalue weighted by Gasteiger charge is 2.22. The molecule has 0 unspecified atom stereocenters. The molecule has 1 aromatic heterocycles. The second-order valence-corrected chi connectivity index (χ2v) is 8.83. The summed E-state index contributed by atoms with van der Waals surface area (Å²) in [4.78, 5) is 29.8. The fourth-order valence-corrected chi connectivity index (χ4v) is 4.08. The third-order valence-corrected chi connectivity index (χ3v) is 5.92. The van der Waals surface area contributed by atoms with Gasteiger partial charge in [-0.3, -0.25) is 9.59 Å². The van der Waals surface area contributed by atoms with Gasteiger partial charge in [0.05, 0.1) is 23.4 Å². The number of amides is 2. The van der Waals surface area contributed by atoms with E-state index in [-0.39, 0.29) is 24.6 Å². The van der Waals surface area contributed by atoms with Crippen molar-refractivity contribution in [2.24, 2.45) is 0 Å². The lowest BCUT2D eigenvalue weighted by Crippen LogP contribution is -2.31. The van der Waals surface area contributed by atoms with Crippen LogP contribution in [-0.2, 0) is 13.1 Å². The zero-order valence-corrected chi connectivity index (χ0v) is 20.6. The molecule has 8 heteroatoms. The molecule has 0 saturated heterocycles. The van der Waals surface area contributed by atoms with Crippen molar-refractivity contribution in [2.75, 3.05) is 24.3 Å². The van der Waals surface area contributed by atoms with Gasteiger partial charge < -0.3 is 19.5 Å². The monoisotopic (exact) mass is 505 g/mol. The molecule has 0 spiro atoms. The topological polar surface area (TPSA) is 65.8 Å². The van der Waals surface area contributed by atoms with Gasteiger partial charge in [-0.05, 0) is 66.2 Å². The van der Waals surface area contributed by atoms with Gasteiger partial charge in [0.15, 0.2) is 0 Å². The van der Waals surface area contributed by atoms with Crippen LogP contribution in [0.15, 0.2) is 89.5 Å². The van der Waals surface area contributed by atoms with Crippen LogP contribution in [0.5, 0.6) is 0 Å². The standard InChI is InChI=1S/C28H25ClFN3O3/c1-32(2)26-13-12-22(31-27(34)19-7-5-8-21(30)15-19)16-20(26)17-33(18-23-9-6-14-36-23)28(35)24-10-3-4-11-25(24)29/h3-16H,17-18H2,1-2H3,(H,31,34). The molecule has 1 N–H and O–H groups in total. The molecule has 2 amide bonds. The Labute approximate surface area is 213 Å². The molecule has 0 atom stereocenters. The minimum atomic E-state index is -0.488. The maximum Gasteiger partial charge on any atom is 0.256 e. The van der Waals surface area contributed by atoms with Gasteiger partial charge in [-0.2, -0.15) is 0 Å². The summed E-state index contributed by atoms with van der Waals surface area (Å²) in [7, 11) is 3.80. The molecular formula is C28H25ClFN3O3. The summed E-state index contributed by atoms with van der Waals surface area (Å²) in [6.45, 7) is 0.450. The van der Waals surface area contributed by atoms with E-state index in [9.17, 15) is 14.0 Å². The van der Waals surface area contributed by atoms with Gasteiger partial charge in [0, 0.05) is 37.6 Å². The molecule has 0 saturated carbocycles. The Morgan fingerprint density at radius 1 is 0.944 bits per heavy atom. The summed E-state index contributed by atoms with van der Waals surface area (Å²) in [5, 5.41) is 3.17. The minimum Gasteiger partial charge on any atom is -0.467 e. The minimum absolute atomic E-state index is 0.210. The fourth-order valence-electron chi connectivity index (χ4n) is 3.86. The van der Waals surface area contributed by atoms with Crippen molar-refractivity contribution in [3.05, 3.63) is 118 Å². The number of nitrogens with one attached hydrogen (secondary N) is 1. The zero-order valence-electron chi connectivity index (χ0n) is 19.9. The Hall–Kier alpha value is -4.10. The fraction of sp³-hybridized carbons (Fsp3) is 0.143. The van der Waals surface area contributed by atoms with E-state index in [0.717, 1.165) is 11.3 Å². The van der Waals surface area contributed by atoms with Crippen molar-refractivity contribution >= 4 is 34.8 Å². The van der Waals surface area contributed by atoms with Crippen LogP contribution in [0.25, 0.3) is 0 Å². The first-order valence-corrected chi connectivity index (χ1v) is 11.6. The number of hydrogen-bond donors (Lipinski definition) is 1. The highest BCUT2D eigenvalue weighted by molar-refractivity contribution is 6.33. The van der Waals surface area contributed by atoms with E-state index in [1.54, 1.807) is 59.7 Å². The number of carbonyl (C=O) groups excluding carboxylic acids is 2. The average Bonchev–Trinajstić information content (AvgIpc) is 3.37. The molecule has 0 aliphatic rings. The molecule has 6 nitrogen and oxygen atoms in total. The molecule has 0 fully saturated rings. The summed E-state index contributed by atoms with van der Waals surface area (Å²) >= 11 is 6.33. The Balaban J connectivity index is 1.66. The number of nitrogens with zero attached hydrogens (tertiary/aromatic N) is 2. The van der Waals surface area contributed by atoms with Crippen LogP contribution in [0, 0.1) is 5.82 Å². The summed E-state index contributed by atoms with van der Waals surface area (Å²) < 4.78 is 19.1. The summed E-state index contributed by atoms with van der Waals surface area (Å²) in [5.74, 6) is -0.552. The van der Waals surface area contributed by atoms with E-state index in [4.69, 9.17) is 16.0 Å². The molecule has 184 valence electrons. The van der Waals surface area contributed by atoms with Crippen LogP contribution in [-0.4, -0.2) is 30.8 Å². The lowest BCUT2D eigenvalue weighted by atomic mass is 10.1. The van der Waals surface area contributed by atoms with E-state index in [1.165, 1.54) is 18.2 Å². The lowest BCUT2D eigenvalue weighted by molar-refractivity contribution is 0.0718. The molecule has 4 aromatic rings. The number of furan rings is 1. The smallest absolute Gasteiger partial charge is 0.256 e. The van der Waals surface area contributed by atoms with E-state index in [0.29, 0.717) is 22.0 Å². The normalized spacial score (nSPS) is 10.7. The Morgan fingerprint density at radius 3 is 2.44 bits per heavy atom. The van der Waals surface area contributed by atoms with Gasteiger partial charge in [0.1, 0.15) is 11.6 Å². The molecule has 3 aromatic carbocycles. The molecule has 1 heterocycles. The van der Waals surface area contributed by atoms with Gasteiger partial charge >= 0.3 is 0 Å². The van der Waals surface area contributed by atoms with E-state index < -0.39 is 11.7 Å². The maximum absolute atomic E-state index is 13.6. The number of rotatable bonds is 8. The highest BCUT2D eigenvalue weighted by atomic mass is 35.5. The lowest BCUT2D eigenvalue weighted by Gasteiger charge is -2.26. The molecular weight excluding hydrogens is 481 g/mol. The predicted molar refractivity (Wildman–Crippen MR) is 139 cm³/mol. The molecule has 4 rings (SSSR count). The number of anilines is 2. The van der Waals surface area contributed by atoms with Crippen molar-refractivity contribution in [3.63, 3.8) is 0 Å². The summed E-state index contributed by atoms with van der Waals surface area (Å²) in [5.41, 5.74) is 2.78. The molecule has 36 heavy (non-hydrogen) atoms. The van der Waals surface area contributed by atoms with Crippen LogP contribution in [0.4, 0.5) is 15.8 Å². The Bertz CT molecular complexity index is 1370. The second kappa shape index (κ2) is 11.1. The van der Waals surface area contributed by atoms with E-state index in [1.807, 2.05) is 31.1 Å². The third kappa shape index (κ3) is 5.93. The first kappa shape index (κ1) is 25.0. The molecule has 0 radical (unpaired) electrons. The van der Waals surface area contributed by atoms with Crippen molar-refractivity contribution in [1.29, 1.82) is 0 Å².